The standard InChI is InChI=1S/C14H26N2O/c1-2-3-4-5-6-7-8-9-10-16-12-14(13-17)11-15-16/h11-12,17H,2-10,13H2,1H3. The predicted molar refractivity (Wildman–Crippen MR) is 70.8 cm³/mol. The molecule has 0 bridgehead atoms. The van der Waals surface area contributed by atoms with Crippen LogP contribution in [-0.2, 0) is 13.2 Å². The van der Waals surface area contributed by atoms with E-state index in [1.807, 2.05) is 10.9 Å². The summed E-state index contributed by atoms with van der Waals surface area (Å²) in [6.07, 6.45) is 14.4. The summed E-state index contributed by atoms with van der Waals surface area (Å²) in [6, 6.07) is 0. The molecule has 0 saturated carbocycles. The van der Waals surface area contributed by atoms with Gasteiger partial charge < -0.3 is 5.11 Å². The first-order valence-corrected chi connectivity index (χ1v) is 6.99. The fraction of sp³-hybridized carbons (Fsp3) is 0.786. The molecule has 1 heterocycles. The van der Waals surface area contributed by atoms with Crippen molar-refractivity contribution in [3.63, 3.8) is 0 Å². The second-order valence-corrected chi connectivity index (χ2v) is 4.74. The molecule has 1 N–H and O–H groups in total. The minimum absolute atomic E-state index is 0.0947. The number of hydrogen-bond acceptors (Lipinski definition) is 2. The summed E-state index contributed by atoms with van der Waals surface area (Å²) in [5.74, 6) is 0. The fourth-order valence-electron chi connectivity index (χ4n) is 2.02. The zero-order chi connectivity index (χ0) is 12.3. The molecule has 1 aromatic rings. The number of nitrogens with zero attached hydrogens (tertiary/aromatic N) is 2. The summed E-state index contributed by atoms with van der Waals surface area (Å²) in [6.45, 7) is 3.33. The lowest BCUT2D eigenvalue weighted by Gasteiger charge is -2.02. The molecule has 17 heavy (non-hydrogen) atoms. The molecule has 0 atom stereocenters. The normalized spacial score (nSPS) is 10.9. The van der Waals surface area contributed by atoms with Gasteiger partial charge in [0.1, 0.15) is 0 Å². The summed E-state index contributed by atoms with van der Waals surface area (Å²) in [4.78, 5) is 0. The average molecular weight is 238 g/mol. The Hall–Kier alpha value is -0.830. The topological polar surface area (TPSA) is 38.0 Å². The fourth-order valence-corrected chi connectivity index (χ4v) is 2.02. The van der Waals surface area contributed by atoms with Crippen molar-refractivity contribution < 1.29 is 5.11 Å². The van der Waals surface area contributed by atoms with Gasteiger partial charge >= 0.3 is 0 Å². The quantitative estimate of drug-likeness (QED) is 0.633. The lowest BCUT2D eigenvalue weighted by molar-refractivity contribution is 0.281. The molecule has 0 aromatic carbocycles. The third kappa shape index (κ3) is 6.47. The van der Waals surface area contributed by atoms with Crippen molar-refractivity contribution in [2.24, 2.45) is 0 Å². The number of aliphatic hydroxyl groups excluding tert-OH is 1. The van der Waals surface area contributed by atoms with E-state index < -0.39 is 0 Å². The Balaban J connectivity index is 1.93. The van der Waals surface area contributed by atoms with Crippen LogP contribution in [-0.4, -0.2) is 14.9 Å². The summed E-state index contributed by atoms with van der Waals surface area (Å²) in [5.41, 5.74) is 0.907. The van der Waals surface area contributed by atoms with Gasteiger partial charge in [-0.25, -0.2) is 0 Å². The average Bonchev–Trinajstić information content (AvgIpc) is 2.80. The molecule has 0 aliphatic rings. The van der Waals surface area contributed by atoms with E-state index >= 15 is 0 Å². The number of rotatable bonds is 10. The molecule has 1 rings (SSSR count). The van der Waals surface area contributed by atoms with Crippen LogP contribution < -0.4 is 0 Å². The molecule has 1 aromatic heterocycles. The molecule has 0 aliphatic heterocycles. The highest BCUT2D eigenvalue weighted by Gasteiger charge is 1.97. The van der Waals surface area contributed by atoms with Crippen LogP contribution in [0.2, 0.25) is 0 Å². The maximum atomic E-state index is 8.91. The zero-order valence-electron chi connectivity index (χ0n) is 11.1. The number of aromatic nitrogens is 2. The molecular formula is C14H26N2O. The Bertz CT molecular complexity index is 284. The minimum Gasteiger partial charge on any atom is -0.392 e. The summed E-state index contributed by atoms with van der Waals surface area (Å²) in [5, 5.41) is 13.1. The van der Waals surface area contributed by atoms with E-state index in [-0.39, 0.29) is 6.61 Å². The van der Waals surface area contributed by atoms with E-state index in [0.717, 1.165) is 12.1 Å². The van der Waals surface area contributed by atoms with Gasteiger partial charge in [-0.3, -0.25) is 4.68 Å². The highest BCUT2D eigenvalue weighted by atomic mass is 16.3. The molecule has 0 spiro atoms. The van der Waals surface area contributed by atoms with Crippen LogP contribution in [0.25, 0.3) is 0 Å². The summed E-state index contributed by atoms with van der Waals surface area (Å²) in [7, 11) is 0. The van der Waals surface area contributed by atoms with Crippen LogP contribution >= 0.6 is 0 Å². The number of unbranched alkanes of at least 4 members (excludes halogenated alkanes) is 7. The second kappa shape index (κ2) is 9.23. The maximum absolute atomic E-state index is 8.91. The summed E-state index contributed by atoms with van der Waals surface area (Å²) >= 11 is 0. The Morgan fingerprint density at radius 2 is 1.71 bits per heavy atom. The number of hydrogen-bond donors (Lipinski definition) is 1. The summed E-state index contributed by atoms with van der Waals surface area (Å²) < 4.78 is 1.93. The van der Waals surface area contributed by atoms with Crippen LogP contribution in [0.1, 0.15) is 63.9 Å². The second-order valence-electron chi connectivity index (χ2n) is 4.74. The van der Waals surface area contributed by atoms with E-state index in [9.17, 15) is 0 Å². The SMILES string of the molecule is CCCCCCCCCCn1cc(CO)cn1. The molecule has 98 valence electrons. The highest BCUT2D eigenvalue weighted by Crippen LogP contribution is 2.09. The third-order valence-electron chi connectivity index (χ3n) is 3.11. The van der Waals surface area contributed by atoms with Crippen molar-refractivity contribution in [3.8, 4) is 0 Å². The van der Waals surface area contributed by atoms with Crippen molar-refractivity contribution in [2.45, 2.75) is 71.4 Å². The van der Waals surface area contributed by atoms with Crippen molar-refractivity contribution >= 4 is 0 Å². The molecule has 0 amide bonds. The van der Waals surface area contributed by atoms with Gasteiger partial charge in [-0.05, 0) is 6.42 Å². The first-order chi connectivity index (χ1) is 8.36. The van der Waals surface area contributed by atoms with Crippen LogP contribution in [0, 0.1) is 0 Å². The van der Waals surface area contributed by atoms with Gasteiger partial charge in [-0.1, -0.05) is 51.9 Å². The largest absolute Gasteiger partial charge is 0.392 e. The van der Waals surface area contributed by atoms with E-state index in [1.54, 1.807) is 6.20 Å². The van der Waals surface area contributed by atoms with Gasteiger partial charge in [0.25, 0.3) is 0 Å². The van der Waals surface area contributed by atoms with Gasteiger partial charge in [0, 0.05) is 18.3 Å². The van der Waals surface area contributed by atoms with Gasteiger partial charge in [0.05, 0.1) is 12.8 Å². The first kappa shape index (κ1) is 14.2. The number of aryl methyl sites for hydroxylation is 1. The Morgan fingerprint density at radius 1 is 1.06 bits per heavy atom. The van der Waals surface area contributed by atoms with Gasteiger partial charge in [-0.2, -0.15) is 5.10 Å². The Morgan fingerprint density at radius 3 is 2.29 bits per heavy atom. The van der Waals surface area contributed by atoms with Gasteiger partial charge in [0.15, 0.2) is 0 Å². The van der Waals surface area contributed by atoms with Crippen LogP contribution in [0.5, 0.6) is 0 Å². The van der Waals surface area contributed by atoms with E-state index in [1.165, 1.54) is 51.4 Å². The smallest absolute Gasteiger partial charge is 0.0712 e. The molecule has 0 aliphatic carbocycles. The van der Waals surface area contributed by atoms with E-state index in [4.69, 9.17) is 5.11 Å². The van der Waals surface area contributed by atoms with Crippen LogP contribution in [0.3, 0.4) is 0 Å². The van der Waals surface area contributed by atoms with Crippen LogP contribution in [0.15, 0.2) is 12.4 Å². The van der Waals surface area contributed by atoms with Crippen LogP contribution in [0.4, 0.5) is 0 Å². The van der Waals surface area contributed by atoms with Crippen molar-refractivity contribution in [3.05, 3.63) is 18.0 Å². The molecular weight excluding hydrogens is 212 g/mol. The Kier molecular flexibility index (Phi) is 7.72. The molecule has 3 heteroatoms. The zero-order valence-corrected chi connectivity index (χ0v) is 11.1. The minimum atomic E-state index is 0.0947. The highest BCUT2D eigenvalue weighted by molar-refractivity contribution is 5.01. The number of aliphatic hydroxyl groups is 1. The van der Waals surface area contributed by atoms with Crippen molar-refractivity contribution in [1.29, 1.82) is 0 Å². The maximum Gasteiger partial charge on any atom is 0.0712 e. The first-order valence-electron chi connectivity index (χ1n) is 6.99. The lowest BCUT2D eigenvalue weighted by Crippen LogP contribution is -1.98. The molecule has 0 unspecified atom stereocenters. The molecule has 3 nitrogen and oxygen atoms in total. The Labute approximate surface area is 105 Å². The predicted octanol–water partition coefficient (Wildman–Crippen LogP) is 3.52. The molecule has 0 radical (unpaired) electrons. The third-order valence-corrected chi connectivity index (χ3v) is 3.11. The molecule has 0 saturated heterocycles. The van der Waals surface area contributed by atoms with E-state index in [0.29, 0.717) is 0 Å². The van der Waals surface area contributed by atoms with E-state index in [2.05, 4.69) is 12.0 Å². The monoisotopic (exact) mass is 238 g/mol. The van der Waals surface area contributed by atoms with Crippen molar-refractivity contribution in [1.82, 2.24) is 9.78 Å². The molecule has 0 fully saturated rings. The lowest BCUT2D eigenvalue weighted by atomic mass is 10.1. The van der Waals surface area contributed by atoms with Gasteiger partial charge in [0.2, 0.25) is 0 Å². The van der Waals surface area contributed by atoms with Gasteiger partial charge in [-0.15, -0.1) is 0 Å². The van der Waals surface area contributed by atoms with Crippen molar-refractivity contribution in [2.75, 3.05) is 0 Å².